The third-order valence-corrected chi connectivity index (χ3v) is 10.0. The maximum absolute atomic E-state index is 14.5. The van der Waals surface area contributed by atoms with Crippen molar-refractivity contribution in [3.05, 3.63) is 155 Å². The molecule has 0 aromatic heterocycles. The van der Waals surface area contributed by atoms with Crippen molar-refractivity contribution in [2.45, 2.75) is 71.7 Å². The minimum Gasteiger partial charge on any atom is -0.459 e. The lowest BCUT2D eigenvalue weighted by atomic mass is 9.97. The standard InChI is InChI=1S/C52H44O20/c1-28(53)26-33-16-6-7-17-34(33)48(59)71-46-45(70-50(61)37-20-10-14-24-41(37)66-31(4)56)44(69-49(60)36-19-9-13-23-40(36)65-30(3)55)43(27-63-47(58)35-18-8-12-22-39(35)64-29(2)54)68-52(46)72-51(62)38-21-11-15-25-42(38)67-32(5)57/h6-25,43-46,52H,26-27H2,1-5H3. The maximum atomic E-state index is 14.5. The second kappa shape index (κ2) is 24.0. The van der Waals surface area contributed by atoms with Gasteiger partial charge in [-0.25, -0.2) is 24.0 Å². The second-order valence-electron chi connectivity index (χ2n) is 15.6. The third kappa shape index (κ3) is 13.6. The van der Waals surface area contributed by atoms with Gasteiger partial charge in [0.05, 0.1) is 5.56 Å². The van der Waals surface area contributed by atoms with Gasteiger partial charge in [0, 0.05) is 34.1 Å². The Kier molecular flexibility index (Phi) is 17.4. The third-order valence-electron chi connectivity index (χ3n) is 10.0. The van der Waals surface area contributed by atoms with E-state index in [-0.39, 0.29) is 63.0 Å². The first-order chi connectivity index (χ1) is 34.4. The summed E-state index contributed by atoms with van der Waals surface area (Å²) in [5.41, 5.74) is -1.39. The van der Waals surface area contributed by atoms with Crippen LogP contribution in [0.5, 0.6) is 23.0 Å². The van der Waals surface area contributed by atoms with Crippen LogP contribution >= 0.6 is 0 Å². The van der Waals surface area contributed by atoms with Crippen LogP contribution in [0.3, 0.4) is 0 Å². The molecule has 0 N–H and O–H groups in total. The van der Waals surface area contributed by atoms with Crippen molar-refractivity contribution in [2.75, 3.05) is 6.61 Å². The molecule has 6 rings (SSSR count). The number of benzene rings is 5. The Morgan fingerprint density at radius 3 is 1.14 bits per heavy atom. The number of hydrogen-bond donors (Lipinski definition) is 0. The molecule has 0 saturated carbocycles. The molecule has 0 aliphatic carbocycles. The lowest BCUT2D eigenvalue weighted by molar-refractivity contribution is -0.282. The molecule has 5 aromatic carbocycles. The highest BCUT2D eigenvalue weighted by molar-refractivity contribution is 5.97. The Labute approximate surface area is 409 Å². The van der Waals surface area contributed by atoms with Crippen molar-refractivity contribution in [1.82, 2.24) is 0 Å². The molecular formula is C52H44O20. The number of rotatable bonds is 17. The van der Waals surface area contributed by atoms with E-state index in [0.29, 0.717) is 0 Å². The monoisotopic (exact) mass is 988 g/mol. The molecule has 0 radical (unpaired) electrons. The number of carbonyl (C=O) groups is 10. The van der Waals surface area contributed by atoms with E-state index in [0.717, 1.165) is 27.7 Å². The van der Waals surface area contributed by atoms with Crippen molar-refractivity contribution in [2.24, 2.45) is 0 Å². The number of ether oxygens (including phenoxy) is 10. The molecule has 20 nitrogen and oxygen atoms in total. The van der Waals surface area contributed by atoms with Crippen molar-refractivity contribution >= 4 is 59.5 Å². The van der Waals surface area contributed by atoms with E-state index in [9.17, 15) is 47.9 Å². The molecule has 20 heteroatoms. The molecule has 1 aliphatic rings. The van der Waals surface area contributed by atoms with Crippen LogP contribution in [0.25, 0.3) is 0 Å². The summed E-state index contributed by atoms with van der Waals surface area (Å²) in [4.78, 5) is 132. The maximum Gasteiger partial charge on any atom is 0.344 e. The number of hydrogen-bond acceptors (Lipinski definition) is 20. The average Bonchev–Trinajstić information content (AvgIpc) is 3.32. The minimum absolute atomic E-state index is 0.184. The van der Waals surface area contributed by atoms with E-state index in [1.165, 1.54) is 122 Å². The lowest BCUT2D eigenvalue weighted by Crippen LogP contribution is -2.63. The van der Waals surface area contributed by atoms with E-state index in [1.54, 1.807) is 6.07 Å². The van der Waals surface area contributed by atoms with Gasteiger partial charge in [-0.2, -0.15) is 0 Å². The first kappa shape index (κ1) is 52.3. The smallest absolute Gasteiger partial charge is 0.344 e. The normalized spacial score (nSPS) is 16.9. The summed E-state index contributed by atoms with van der Waals surface area (Å²) in [6, 6.07) is 27.2. The SMILES string of the molecule is CC(=O)Cc1ccccc1C(=O)OC1C(OC(=O)c2ccccc2OC(C)=O)OC(COC(=O)c2ccccc2OC(C)=O)C(OC(=O)c2ccccc2OC(C)=O)C1OC(=O)c1ccccc1OC(C)=O. The summed E-state index contributed by atoms with van der Waals surface area (Å²) in [6.07, 6.45) is -10.8. The molecule has 5 atom stereocenters. The van der Waals surface area contributed by atoms with Crippen molar-refractivity contribution in [1.29, 1.82) is 0 Å². The fraction of sp³-hybridized carbons (Fsp3) is 0.231. The molecule has 1 heterocycles. The van der Waals surface area contributed by atoms with Gasteiger partial charge in [0.2, 0.25) is 12.4 Å². The quantitative estimate of drug-likeness (QED) is 0.0593. The highest BCUT2D eigenvalue weighted by atomic mass is 16.7. The molecule has 1 aliphatic heterocycles. The van der Waals surface area contributed by atoms with Crippen molar-refractivity contribution < 1.29 is 95.3 Å². The Hall–Kier alpha value is -9.04. The predicted octanol–water partition coefficient (Wildman–Crippen LogP) is 5.93. The van der Waals surface area contributed by atoms with Crippen molar-refractivity contribution in [3.8, 4) is 23.0 Å². The molecular weight excluding hydrogens is 945 g/mol. The fourth-order valence-electron chi connectivity index (χ4n) is 7.13. The highest BCUT2D eigenvalue weighted by Gasteiger charge is 2.55. The van der Waals surface area contributed by atoms with Crippen LogP contribution in [0.1, 0.15) is 92.0 Å². The fourth-order valence-corrected chi connectivity index (χ4v) is 7.13. The van der Waals surface area contributed by atoms with Gasteiger partial charge < -0.3 is 47.4 Å². The molecule has 0 bridgehead atoms. The minimum atomic E-state index is -2.23. The lowest BCUT2D eigenvalue weighted by Gasteiger charge is -2.44. The average molecular weight is 989 g/mol. The zero-order valence-electron chi connectivity index (χ0n) is 39.0. The highest BCUT2D eigenvalue weighted by Crippen LogP contribution is 2.35. The molecule has 372 valence electrons. The van der Waals surface area contributed by atoms with E-state index in [4.69, 9.17) is 47.4 Å². The largest absolute Gasteiger partial charge is 0.459 e. The van der Waals surface area contributed by atoms with E-state index < -0.39 is 96.6 Å². The molecule has 0 amide bonds. The second-order valence-corrected chi connectivity index (χ2v) is 15.6. The van der Waals surface area contributed by atoms with E-state index in [1.807, 2.05) is 0 Å². The van der Waals surface area contributed by atoms with Gasteiger partial charge >= 0.3 is 53.7 Å². The van der Waals surface area contributed by atoms with Gasteiger partial charge in [-0.3, -0.25) is 24.0 Å². The van der Waals surface area contributed by atoms with Crippen LogP contribution in [0, 0.1) is 0 Å². The Bertz CT molecular complexity index is 2920. The molecule has 1 fully saturated rings. The zero-order chi connectivity index (χ0) is 52.1. The Morgan fingerprint density at radius 1 is 0.389 bits per heavy atom. The van der Waals surface area contributed by atoms with E-state index in [2.05, 4.69) is 0 Å². The van der Waals surface area contributed by atoms with Gasteiger partial charge in [-0.15, -0.1) is 0 Å². The Morgan fingerprint density at radius 2 is 0.722 bits per heavy atom. The summed E-state index contributed by atoms with van der Waals surface area (Å²) in [7, 11) is 0. The van der Waals surface area contributed by atoms with Crippen LogP contribution in [0.2, 0.25) is 0 Å². The van der Waals surface area contributed by atoms with Crippen LogP contribution < -0.4 is 18.9 Å². The molecule has 5 unspecified atom stereocenters. The molecule has 72 heavy (non-hydrogen) atoms. The summed E-state index contributed by atoms with van der Waals surface area (Å²) in [6.45, 7) is 4.63. The topological polar surface area (TPSA) is 263 Å². The molecule has 1 saturated heterocycles. The summed E-state index contributed by atoms with van der Waals surface area (Å²) in [5, 5.41) is 0. The zero-order valence-corrected chi connectivity index (χ0v) is 39.0. The number of para-hydroxylation sites is 4. The first-order valence-corrected chi connectivity index (χ1v) is 21.7. The molecule has 5 aromatic rings. The van der Waals surface area contributed by atoms with Crippen molar-refractivity contribution in [3.63, 3.8) is 0 Å². The summed E-state index contributed by atoms with van der Waals surface area (Å²) in [5.74, 6) is -10.9. The number of carbonyl (C=O) groups excluding carboxylic acids is 10. The number of Topliss-reactive ketones (excluding diaryl/α,β-unsaturated/α-hetero) is 1. The Balaban J connectivity index is 1.55. The summed E-state index contributed by atoms with van der Waals surface area (Å²) < 4.78 is 57.0. The predicted molar refractivity (Wildman–Crippen MR) is 244 cm³/mol. The molecule has 0 spiro atoms. The number of ketones is 1. The van der Waals surface area contributed by atoms with Gasteiger partial charge in [0.1, 0.15) is 63.7 Å². The first-order valence-electron chi connectivity index (χ1n) is 21.7. The number of esters is 9. The van der Waals surface area contributed by atoms with Crippen LogP contribution in [0.15, 0.2) is 121 Å². The van der Waals surface area contributed by atoms with Gasteiger partial charge in [0.15, 0.2) is 12.2 Å². The van der Waals surface area contributed by atoms with Gasteiger partial charge in [-0.1, -0.05) is 66.7 Å². The van der Waals surface area contributed by atoms with Gasteiger partial charge in [0.25, 0.3) is 0 Å². The summed E-state index contributed by atoms with van der Waals surface area (Å²) >= 11 is 0. The van der Waals surface area contributed by atoms with Gasteiger partial charge in [-0.05, 0) is 67.1 Å². The van der Waals surface area contributed by atoms with Crippen LogP contribution in [0.4, 0.5) is 0 Å². The van der Waals surface area contributed by atoms with E-state index >= 15 is 0 Å². The van der Waals surface area contributed by atoms with Crippen LogP contribution in [-0.4, -0.2) is 96.8 Å². The van der Waals surface area contributed by atoms with Crippen LogP contribution in [-0.2, 0) is 58.8 Å².